The molecule has 0 fully saturated rings. The molecule has 1 aromatic carbocycles. The highest BCUT2D eigenvalue weighted by Gasteiger charge is 2.23. The number of hydrogen-bond donors (Lipinski definition) is 0. The summed E-state index contributed by atoms with van der Waals surface area (Å²) in [7, 11) is 0. The van der Waals surface area contributed by atoms with Crippen molar-refractivity contribution >= 4 is 55.7 Å². The van der Waals surface area contributed by atoms with Gasteiger partial charge in [0.15, 0.2) is 0 Å². The van der Waals surface area contributed by atoms with E-state index in [1.54, 1.807) is 69.6 Å². The van der Waals surface area contributed by atoms with E-state index in [9.17, 15) is 19.2 Å². The number of aryl methyl sites for hydroxylation is 1. The molecule has 0 atom stereocenters. The van der Waals surface area contributed by atoms with Crippen molar-refractivity contribution in [3.63, 3.8) is 0 Å². The van der Waals surface area contributed by atoms with Gasteiger partial charge in [0.05, 0.1) is 45.1 Å². The number of esters is 1. The molecule has 0 N–H and O–H groups in total. The van der Waals surface area contributed by atoms with E-state index in [1.807, 2.05) is 6.07 Å². The maximum absolute atomic E-state index is 14.4. The lowest BCUT2D eigenvalue weighted by Crippen LogP contribution is -2.24. The number of fused-ring (bicyclic) bond motifs is 4. The number of hydrogen-bond acceptors (Lipinski definition) is 8. The van der Waals surface area contributed by atoms with Crippen LogP contribution in [0.5, 0.6) is 0 Å². The normalized spacial score (nSPS) is 11.5. The fourth-order valence-corrected chi connectivity index (χ4v) is 6.08. The minimum Gasteiger partial charge on any atom is -0.456 e. The number of benzene rings is 1. The van der Waals surface area contributed by atoms with Crippen LogP contribution in [0.15, 0.2) is 52.9 Å². The van der Waals surface area contributed by atoms with E-state index in [2.05, 4.69) is 26.9 Å². The van der Waals surface area contributed by atoms with Gasteiger partial charge in [0.1, 0.15) is 22.9 Å². The van der Waals surface area contributed by atoms with Crippen molar-refractivity contribution in [2.75, 3.05) is 0 Å². The molecule has 0 aliphatic rings. The lowest BCUT2D eigenvalue weighted by atomic mass is 10.00. The van der Waals surface area contributed by atoms with Crippen LogP contribution >= 0.6 is 22.9 Å². The van der Waals surface area contributed by atoms with Crippen LogP contribution in [0, 0.1) is 36.0 Å². The van der Waals surface area contributed by atoms with Crippen molar-refractivity contribution in [2.24, 2.45) is 0 Å². The molecule has 5 heterocycles. The Morgan fingerprint density at radius 2 is 1.98 bits per heavy atom. The zero-order chi connectivity index (χ0) is 31.3. The summed E-state index contributed by atoms with van der Waals surface area (Å²) in [6.45, 7) is 7.10. The molecule has 0 saturated carbocycles. The maximum atomic E-state index is 14.4. The summed E-state index contributed by atoms with van der Waals surface area (Å²) < 4.78 is 23.5. The highest BCUT2D eigenvalue weighted by atomic mass is 35.5. The minimum absolute atomic E-state index is 0.0756. The quantitative estimate of drug-likeness (QED) is 0.129. The molecule has 0 spiro atoms. The predicted molar refractivity (Wildman–Crippen MR) is 166 cm³/mol. The number of pyridine rings is 2. The van der Waals surface area contributed by atoms with Crippen molar-refractivity contribution in [2.45, 2.75) is 39.8 Å². The molecule has 12 heteroatoms. The first-order valence-electron chi connectivity index (χ1n) is 13.3. The number of carbonyl (C=O) groups is 1. The third kappa shape index (κ3) is 5.06. The monoisotopic (exact) mass is 624 g/mol. The van der Waals surface area contributed by atoms with Gasteiger partial charge < -0.3 is 4.74 Å². The summed E-state index contributed by atoms with van der Waals surface area (Å²) in [6, 6.07) is 10.6. The van der Waals surface area contributed by atoms with Crippen LogP contribution in [0.25, 0.3) is 37.9 Å². The molecule has 0 aliphatic carbocycles. The Kier molecular flexibility index (Phi) is 7.16. The zero-order valence-electron chi connectivity index (χ0n) is 23.9. The molecule has 0 aliphatic heterocycles. The highest BCUT2D eigenvalue weighted by molar-refractivity contribution is 7.18. The fourth-order valence-electron chi connectivity index (χ4n) is 4.89. The van der Waals surface area contributed by atoms with Gasteiger partial charge in [-0.2, -0.15) is 14.8 Å². The van der Waals surface area contributed by atoms with E-state index in [0.29, 0.717) is 38.6 Å². The number of rotatable bonds is 3. The van der Waals surface area contributed by atoms with Crippen molar-refractivity contribution in [3.05, 3.63) is 91.8 Å². The summed E-state index contributed by atoms with van der Waals surface area (Å²) in [6.07, 6.45) is 2.81. The average Bonchev–Trinajstić information content (AvgIpc) is 3.58. The first-order chi connectivity index (χ1) is 21.0. The second-order valence-corrected chi connectivity index (χ2v) is 12.2. The van der Waals surface area contributed by atoms with Gasteiger partial charge >= 0.3 is 5.97 Å². The predicted octanol–water partition coefficient (Wildman–Crippen LogP) is 6.30. The van der Waals surface area contributed by atoms with Crippen molar-refractivity contribution in [1.82, 2.24) is 24.1 Å². The molecule has 0 radical (unpaired) electrons. The molecule has 44 heavy (non-hydrogen) atoms. The molecule has 0 saturated heterocycles. The van der Waals surface area contributed by atoms with Gasteiger partial charge in [-0.15, -0.1) is 11.3 Å². The number of thiophene rings is 1. The van der Waals surface area contributed by atoms with Gasteiger partial charge in [0, 0.05) is 39.4 Å². The Hall–Kier alpha value is -5.10. The van der Waals surface area contributed by atoms with Gasteiger partial charge in [0.2, 0.25) is 5.95 Å². The second-order valence-electron chi connectivity index (χ2n) is 10.9. The third-order valence-corrected chi connectivity index (χ3v) is 7.94. The Morgan fingerprint density at radius 1 is 1.18 bits per heavy atom. The van der Waals surface area contributed by atoms with Gasteiger partial charge in [-0.25, -0.2) is 14.3 Å². The SMILES string of the molecule is Cc1cc2n(CC#Cc3ccc(Cl)cc3-c3ccnc4c(C(=O)OC(C)(C)C)csc34)c(=O)c3c(C#N)c(F)ncc3n2n1. The van der Waals surface area contributed by atoms with E-state index >= 15 is 0 Å². The van der Waals surface area contributed by atoms with Crippen molar-refractivity contribution in [1.29, 1.82) is 5.26 Å². The van der Waals surface area contributed by atoms with E-state index in [0.717, 1.165) is 10.3 Å². The Balaban J connectivity index is 1.46. The van der Waals surface area contributed by atoms with Crippen LogP contribution < -0.4 is 5.56 Å². The highest BCUT2D eigenvalue weighted by Crippen LogP contribution is 2.37. The number of aromatic nitrogens is 5. The largest absolute Gasteiger partial charge is 0.456 e. The lowest BCUT2D eigenvalue weighted by Gasteiger charge is -2.19. The third-order valence-electron chi connectivity index (χ3n) is 6.71. The number of halogens is 2. The van der Waals surface area contributed by atoms with Crippen LogP contribution in [0.1, 0.15) is 48.0 Å². The summed E-state index contributed by atoms with van der Waals surface area (Å²) in [4.78, 5) is 34.6. The maximum Gasteiger partial charge on any atom is 0.341 e. The molecular formula is C32H22ClFN6O3S. The van der Waals surface area contributed by atoms with Crippen molar-refractivity contribution < 1.29 is 13.9 Å². The lowest BCUT2D eigenvalue weighted by molar-refractivity contribution is 0.00721. The fraction of sp³-hybridized carbons (Fsp3) is 0.188. The summed E-state index contributed by atoms with van der Waals surface area (Å²) in [5.41, 5.74) is 2.57. The Labute approximate surface area is 259 Å². The van der Waals surface area contributed by atoms with E-state index < -0.39 is 28.6 Å². The molecule has 5 aromatic heterocycles. The number of ether oxygens (including phenoxy) is 1. The van der Waals surface area contributed by atoms with Crippen LogP contribution in [-0.2, 0) is 11.3 Å². The summed E-state index contributed by atoms with van der Waals surface area (Å²) >= 11 is 7.77. The van der Waals surface area contributed by atoms with Crippen molar-refractivity contribution in [3.8, 4) is 29.0 Å². The first kappa shape index (κ1) is 29.0. The Bertz CT molecular complexity index is 2330. The second kappa shape index (κ2) is 10.9. The molecule has 0 amide bonds. The van der Waals surface area contributed by atoms with Crippen LogP contribution in [0.2, 0.25) is 5.02 Å². The smallest absolute Gasteiger partial charge is 0.341 e. The van der Waals surface area contributed by atoms with E-state index in [-0.39, 0.29) is 17.4 Å². The van der Waals surface area contributed by atoms with E-state index in [4.69, 9.17) is 16.3 Å². The average molecular weight is 625 g/mol. The van der Waals surface area contributed by atoms with Crippen LogP contribution in [-0.4, -0.2) is 35.7 Å². The summed E-state index contributed by atoms with van der Waals surface area (Å²) in [5.74, 6) is 4.70. The van der Waals surface area contributed by atoms with Gasteiger partial charge in [-0.05, 0) is 52.0 Å². The number of carbonyl (C=O) groups excluding carboxylic acids is 1. The van der Waals surface area contributed by atoms with Crippen LogP contribution in [0.4, 0.5) is 4.39 Å². The molecule has 6 rings (SSSR count). The molecular weight excluding hydrogens is 603 g/mol. The standard InChI is InChI=1S/C32H22ClFN6O3S/c1-17-12-25-39(30(41)26-22(14-35)29(34)37-15-24(26)40(25)38-17)11-5-6-18-7-8-19(33)13-21(18)20-9-10-36-27-23(16-44-28(20)27)31(42)43-32(2,3)4/h7-10,12-13,15-16H,11H2,1-4H3. The Morgan fingerprint density at radius 3 is 2.73 bits per heavy atom. The topological polar surface area (TPSA) is 115 Å². The molecule has 6 aromatic rings. The number of nitrogens with zero attached hydrogens (tertiary/aromatic N) is 6. The van der Waals surface area contributed by atoms with Crippen LogP contribution in [0.3, 0.4) is 0 Å². The first-order valence-corrected chi connectivity index (χ1v) is 14.6. The van der Waals surface area contributed by atoms with Gasteiger partial charge in [0.25, 0.3) is 5.56 Å². The van der Waals surface area contributed by atoms with Gasteiger partial charge in [-0.1, -0.05) is 23.4 Å². The molecule has 9 nitrogen and oxygen atoms in total. The summed E-state index contributed by atoms with van der Waals surface area (Å²) in [5, 5.41) is 16.1. The minimum atomic E-state index is -1.03. The zero-order valence-corrected chi connectivity index (χ0v) is 25.5. The molecule has 0 bridgehead atoms. The molecule has 218 valence electrons. The van der Waals surface area contributed by atoms with Gasteiger partial charge in [-0.3, -0.25) is 14.3 Å². The van der Waals surface area contributed by atoms with E-state index in [1.165, 1.54) is 26.6 Å². The molecule has 0 unspecified atom stereocenters. The number of nitriles is 1.